The fraction of sp³-hybridized carbons (Fsp3) is 0.130. The van der Waals surface area contributed by atoms with Crippen molar-refractivity contribution in [3.63, 3.8) is 0 Å². The van der Waals surface area contributed by atoms with Gasteiger partial charge in [-0.1, -0.05) is 67.6 Å². The Bertz CT molecular complexity index is 1310. The lowest BCUT2D eigenvalue weighted by atomic mass is 10.0. The van der Waals surface area contributed by atoms with E-state index in [4.69, 9.17) is 0 Å². The quantitative estimate of drug-likeness (QED) is 0.478. The number of benzene rings is 2. The lowest BCUT2D eigenvalue weighted by molar-refractivity contribution is 0.0937. The zero-order chi connectivity index (χ0) is 21.1. The first-order chi connectivity index (χ1) is 14.6. The van der Waals surface area contributed by atoms with E-state index in [1.807, 2.05) is 67.6 Å². The summed E-state index contributed by atoms with van der Waals surface area (Å²) in [6.07, 6.45) is 0.678. The van der Waals surface area contributed by atoms with Crippen LogP contribution in [-0.2, 0) is 0 Å². The van der Waals surface area contributed by atoms with Crippen molar-refractivity contribution in [1.82, 2.24) is 20.3 Å². The van der Waals surface area contributed by atoms with Crippen LogP contribution in [0.25, 0.3) is 22.3 Å². The van der Waals surface area contributed by atoms with Gasteiger partial charge in [-0.25, -0.2) is 9.78 Å². The first-order valence-corrected chi connectivity index (χ1v) is 9.65. The lowest BCUT2D eigenvalue weighted by Gasteiger charge is -2.18. The van der Waals surface area contributed by atoms with Gasteiger partial charge in [0.1, 0.15) is 5.65 Å². The fourth-order valence-electron chi connectivity index (χ4n) is 3.45. The molecule has 7 nitrogen and oxygen atoms in total. The molecule has 0 fully saturated rings. The highest BCUT2D eigenvalue weighted by Gasteiger charge is 2.20. The van der Waals surface area contributed by atoms with Gasteiger partial charge in [0, 0.05) is 5.56 Å². The van der Waals surface area contributed by atoms with Crippen LogP contribution >= 0.6 is 0 Å². The third-order valence-corrected chi connectivity index (χ3v) is 4.94. The maximum absolute atomic E-state index is 13.2. The normalized spacial score (nSPS) is 11.9. The lowest BCUT2D eigenvalue weighted by Crippen LogP contribution is -2.31. The summed E-state index contributed by atoms with van der Waals surface area (Å²) in [6.45, 7) is 1.97. The first-order valence-electron chi connectivity index (χ1n) is 9.65. The van der Waals surface area contributed by atoms with E-state index in [1.54, 1.807) is 6.07 Å². The molecule has 1 atom stereocenters. The van der Waals surface area contributed by atoms with Gasteiger partial charge >= 0.3 is 5.69 Å². The number of hydrogen-bond donors (Lipinski definition) is 3. The Balaban J connectivity index is 1.85. The number of nitrogens with one attached hydrogen (secondary N) is 3. The van der Waals surface area contributed by atoms with Crippen molar-refractivity contribution in [2.45, 2.75) is 19.4 Å². The molecule has 0 saturated heterocycles. The molecule has 1 amide bonds. The molecule has 4 aromatic rings. The zero-order valence-electron chi connectivity index (χ0n) is 16.3. The highest BCUT2D eigenvalue weighted by atomic mass is 16.2. The maximum atomic E-state index is 13.2. The molecule has 0 spiro atoms. The Hall–Kier alpha value is -4.00. The number of carbonyl (C=O) groups excluding carboxylic acids is 1. The number of amides is 1. The van der Waals surface area contributed by atoms with Gasteiger partial charge in [-0.3, -0.25) is 19.6 Å². The average Bonchev–Trinajstić information content (AvgIpc) is 2.77. The number of aromatic nitrogens is 3. The predicted octanol–water partition coefficient (Wildman–Crippen LogP) is 3.16. The minimum Gasteiger partial charge on any atom is -0.345 e. The Kier molecular flexibility index (Phi) is 5.26. The van der Waals surface area contributed by atoms with Crippen molar-refractivity contribution in [3.8, 4) is 11.3 Å². The van der Waals surface area contributed by atoms with E-state index < -0.39 is 17.2 Å². The monoisotopic (exact) mass is 400 g/mol. The number of pyridine rings is 1. The minimum atomic E-state index is -0.674. The second kappa shape index (κ2) is 8.16. The van der Waals surface area contributed by atoms with Crippen LogP contribution in [0.15, 0.2) is 76.3 Å². The molecule has 0 aliphatic rings. The molecule has 150 valence electrons. The highest BCUT2D eigenvalue weighted by molar-refractivity contribution is 6.06. The molecule has 2 aromatic carbocycles. The molecule has 3 N–H and O–H groups in total. The number of aromatic amines is 2. The third-order valence-electron chi connectivity index (χ3n) is 4.94. The first kappa shape index (κ1) is 19.3. The molecule has 0 radical (unpaired) electrons. The van der Waals surface area contributed by atoms with Crippen molar-refractivity contribution in [3.05, 3.63) is 98.7 Å². The minimum absolute atomic E-state index is 0.0506. The topological polar surface area (TPSA) is 108 Å². The number of nitrogens with zero attached hydrogens (tertiary/aromatic N) is 1. The second-order valence-electron chi connectivity index (χ2n) is 6.90. The van der Waals surface area contributed by atoms with E-state index in [0.29, 0.717) is 12.1 Å². The third kappa shape index (κ3) is 3.77. The number of fused-ring (bicyclic) bond motifs is 1. The van der Waals surface area contributed by atoms with Gasteiger partial charge in [-0.05, 0) is 18.1 Å². The highest BCUT2D eigenvalue weighted by Crippen LogP contribution is 2.23. The summed E-state index contributed by atoms with van der Waals surface area (Å²) in [7, 11) is 0. The fourth-order valence-corrected chi connectivity index (χ4v) is 3.45. The van der Waals surface area contributed by atoms with Crippen LogP contribution in [0.4, 0.5) is 0 Å². The van der Waals surface area contributed by atoms with Crippen LogP contribution in [0.3, 0.4) is 0 Å². The molecule has 0 unspecified atom stereocenters. The molecular formula is C23H20N4O3. The van der Waals surface area contributed by atoms with Gasteiger partial charge < -0.3 is 5.32 Å². The SMILES string of the molecule is CC[C@H](NC(=O)c1cc(-c2ccccc2)nc2[nH]c(=O)[nH]c(=O)c12)c1ccccc1. The maximum Gasteiger partial charge on any atom is 0.327 e. The van der Waals surface area contributed by atoms with Crippen molar-refractivity contribution in [2.24, 2.45) is 0 Å². The molecule has 0 saturated carbocycles. The van der Waals surface area contributed by atoms with Crippen molar-refractivity contribution in [1.29, 1.82) is 0 Å². The van der Waals surface area contributed by atoms with Gasteiger partial charge in [0.15, 0.2) is 0 Å². The van der Waals surface area contributed by atoms with Crippen molar-refractivity contribution < 1.29 is 4.79 Å². The predicted molar refractivity (Wildman–Crippen MR) is 115 cm³/mol. The smallest absolute Gasteiger partial charge is 0.327 e. The van der Waals surface area contributed by atoms with E-state index in [0.717, 1.165) is 11.1 Å². The summed E-state index contributed by atoms with van der Waals surface area (Å²) in [6, 6.07) is 20.3. The van der Waals surface area contributed by atoms with Crippen LogP contribution in [0, 0.1) is 0 Å². The Morgan fingerprint density at radius 2 is 1.67 bits per heavy atom. The number of rotatable bonds is 5. The van der Waals surface area contributed by atoms with E-state index in [9.17, 15) is 14.4 Å². The van der Waals surface area contributed by atoms with Crippen LogP contribution in [0.1, 0.15) is 35.3 Å². The molecule has 2 aromatic heterocycles. The Labute approximate surface area is 171 Å². The molecule has 30 heavy (non-hydrogen) atoms. The van der Waals surface area contributed by atoms with Gasteiger partial charge in [0.05, 0.1) is 22.7 Å². The summed E-state index contributed by atoms with van der Waals surface area (Å²) in [4.78, 5) is 46.7. The largest absolute Gasteiger partial charge is 0.345 e. The van der Waals surface area contributed by atoms with Crippen LogP contribution in [0.5, 0.6) is 0 Å². The van der Waals surface area contributed by atoms with Crippen LogP contribution in [0.2, 0.25) is 0 Å². The van der Waals surface area contributed by atoms with E-state index in [2.05, 4.69) is 20.3 Å². The number of carbonyl (C=O) groups is 1. The van der Waals surface area contributed by atoms with Gasteiger partial charge in [0.25, 0.3) is 11.5 Å². The average molecular weight is 400 g/mol. The zero-order valence-corrected chi connectivity index (χ0v) is 16.3. The molecule has 2 heterocycles. The van der Waals surface area contributed by atoms with E-state index in [-0.39, 0.29) is 22.6 Å². The van der Waals surface area contributed by atoms with Gasteiger partial charge in [0.2, 0.25) is 0 Å². The van der Waals surface area contributed by atoms with E-state index >= 15 is 0 Å². The Morgan fingerprint density at radius 3 is 2.33 bits per heavy atom. The summed E-state index contributed by atoms with van der Waals surface area (Å²) < 4.78 is 0. The van der Waals surface area contributed by atoms with Crippen molar-refractivity contribution in [2.75, 3.05) is 0 Å². The molecule has 7 heteroatoms. The standard InChI is InChI=1S/C23H20N4O3/c1-2-17(14-9-5-3-6-10-14)25-21(28)16-13-18(15-11-7-4-8-12-15)24-20-19(16)22(29)27-23(30)26-20/h3-13,17H,2H2,1H3,(H,25,28)(H2,24,26,27,29,30)/t17-/m0/s1. The number of H-pyrrole nitrogens is 2. The summed E-state index contributed by atoms with van der Waals surface area (Å²) in [5.74, 6) is -0.409. The van der Waals surface area contributed by atoms with Crippen molar-refractivity contribution >= 4 is 16.9 Å². The van der Waals surface area contributed by atoms with Gasteiger partial charge in [-0.2, -0.15) is 0 Å². The molecule has 0 aliphatic carbocycles. The van der Waals surface area contributed by atoms with Gasteiger partial charge in [-0.15, -0.1) is 0 Å². The molecular weight excluding hydrogens is 380 g/mol. The van der Waals surface area contributed by atoms with E-state index in [1.165, 1.54) is 0 Å². The Morgan fingerprint density at radius 1 is 1.00 bits per heavy atom. The molecule has 0 bridgehead atoms. The van der Waals surface area contributed by atoms with Crippen LogP contribution < -0.4 is 16.6 Å². The summed E-state index contributed by atoms with van der Waals surface area (Å²) in [5.41, 5.74) is 1.13. The summed E-state index contributed by atoms with van der Waals surface area (Å²) in [5, 5.41) is 3.05. The molecule has 0 aliphatic heterocycles. The summed E-state index contributed by atoms with van der Waals surface area (Å²) >= 11 is 0. The second-order valence-corrected chi connectivity index (χ2v) is 6.90. The molecule has 4 rings (SSSR count). The number of hydrogen-bond acceptors (Lipinski definition) is 4. The van der Waals surface area contributed by atoms with Crippen LogP contribution in [-0.4, -0.2) is 20.9 Å².